The Balaban J connectivity index is 2.76. The second-order valence-corrected chi connectivity index (χ2v) is 5.51. The maximum Gasteiger partial charge on any atom is 0.0566 e. The lowest BCUT2D eigenvalue weighted by atomic mass is 9.64. The molecule has 0 bridgehead atoms. The topological polar surface area (TPSA) is 38.4 Å². The van der Waals surface area contributed by atoms with E-state index in [4.69, 9.17) is 5.84 Å². The summed E-state index contributed by atoms with van der Waals surface area (Å²) in [6.07, 6.45) is 8.40. The summed E-state index contributed by atoms with van der Waals surface area (Å²) in [7, 11) is 0. The molecule has 86 valence electrons. The summed E-state index contributed by atoms with van der Waals surface area (Å²) in [6.45, 7) is 9.03. The summed E-state index contributed by atoms with van der Waals surface area (Å²) in [6, 6.07) is 0. The molecule has 2 N–H and O–H groups in total. The molecule has 2 atom stereocenters. The van der Waals surface area contributed by atoms with Crippen molar-refractivity contribution in [2.24, 2.45) is 28.2 Å². The minimum Gasteiger partial charge on any atom is -0.323 e. The van der Waals surface area contributed by atoms with Gasteiger partial charge < -0.3 is 5.84 Å². The van der Waals surface area contributed by atoms with Gasteiger partial charge in [-0.1, -0.05) is 39.7 Å². The van der Waals surface area contributed by atoms with Gasteiger partial charge >= 0.3 is 0 Å². The van der Waals surface area contributed by atoms with Crippen LogP contribution in [0, 0.1) is 17.3 Å². The molecule has 0 aromatic heterocycles. The van der Waals surface area contributed by atoms with Gasteiger partial charge in [0, 0.05) is 0 Å². The zero-order valence-electron chi connectivity index (χ0n) is 10.5. The molecule has 0 spiro atoms. The molecule has 2 unspecified atom stereocenters. The fourth-order valence-electron chi connectivity index (χ4n) is 2.73. The van der Waals surface area contributed by atoms with Crippen LogP contribution >= 0.6 is 0 Å². The van der Waals surface area contributed by atoms with Crippen LogP contribution in [-0.2, 0) is 0 Å². The molecule has 1 aliphatic carbocycles. The minimum absolute atomic E-state index is 0.420. The number of rotatable bonds is 2. The van der Waals surface area contributed by atoms with Crippen LogP contribution in [0.5, 0.6) is 0 Å². The van der Waals surface area contributed by atoms with Crippen LogP contribution in [0.1, 0.15) is 47.0 Å². The molecule has 0 saturated heterocycles. The highest BCUT2D eigenvalue weighted by atomic mass is 15.1. The number of hydrazone groups is 1. The van der Waals surface area contributed by atoms with Crippen molar-refractivity contribution in [3.63, 3.8) is 0 Å². The fraction of sp³-hybridized carbons (Fsp3) is 0.769. The highest BCUT2D eigenvalue weighted by molar-refractivity contribution is 5.92. The molecular weight excluding hydrogens is 184 g/mol. The van der Waals surface area contributed by atoms with E-state index in [1.165, 1.54) is 19.3 Å². The van der Waals surface area contributed by atoms with E-state index in [0.29, 0.717) is 11.3 Å². The Labute approximate surface area is 93.6 Å². The molecule has 1 aliphatic rings. The molecule has 0 radical (unpaired) electrons. The molecular formula is C13H24N2. The van der Waals surface area contributed by atoms with Crippen LogP contribution < -0.4 is 5.84 Å². The largest absolute Gasteiger partial charge is 0.323 e. The molecule has 1 rings (SSSR count). The van der Waals surface area contributed by atoms with Crippen molar-refractivity contribution in [1.82, 2.24) is 0 Å². The minimum atomic E-state index is 0.420. The second kappa shape index (κ2) is 4.82. The first kappa shape index (κ1) is 12.3. The van der Waals surface area contributed by atoms with Crippen molar-refractivity contribution in [3.05, 3.63) is 12.2 Å². The molecule has 2 heteroatoms. The average molecular weight is 208 g/mol. The van der Waals surface area contributed by atoms with E-state index < -0.39 is 0 Å². The normalized spacial score (nSPS) is 32.1. The summed E-state index contributed by atoms with van der Waals surface area (Å²) in [4.78, 5) is 0. The quantitative estimate of drug-likeness (QED) is 0.422. The van der Waals surface area contributed by atoms with Crippen molar-refractivity contribution in [2.75, 3.05) is 0 Å². The third kappa shape index (κ3) is 3.08. The molecule has 0 aromatic carbocycles. The van der Waals surface area contributed by atoms with Gasteiger partial charge in [-0.05, 0) is 36.7 Å². The standard InChI is InChI=1S/C13H24N2/c1-10-6-5-9-13(3,4)12(10)8-7-11(2)15-14/h7-8,10,12H,5-6,9,14H2,1-4H3/b8-7+,15-11+. The van der Waals surface area contributed by atoms with Gasteiger partial charge in [0.2, 0.25) is 0 Å². The molecule has 2 nitrogen and oxygen atoms in total. The van der Waals surface area contributed by atoms with E-state index in [1.54, 1.807) is 0 Å². The second-order valence-electron chi connectivity index (χ2n) is 5.51. The zero-order chi connectivity index (χ0) is 11.5. The van der Waals surface area contributed by atoms with Gasteiger partial charge in [0.15, 0.2) is 0 Å². The van der Waals surface area contributed by atoms with Crippen molar-refractivity contribution in [1.29, 1.82) is 0 Å². The van der Waals surface area contributed by atoms with Gasteiger partial charge in [-0.3, -0.25) is 0 Å². The Morgan fingerprint density at radius 1 is 1.47 bits per heavy atom. The third-order valence-corrected chi connectivity index (χ3v) is 3.74. The first-order chi connectivity index (χ1) is 6.97. The summed E-state index contributed by atoms with van der Waals surface area (Å²) in [5.74, 6) is 6.66. The van der Waals surface area contributed by atoms with Gasteiger partial charge in [0.05, 0.1) is 5.71 Å². The third-order valence-electron chi connectivity index (χ3n) is 3.74. The Hall–Kier alpha value is -0.790. The van der Waals surface area contributed by atoms with Crippen LogP contribution in [0.3, 0.4) is 0 Å². The van der Waals surface area contributed by atoms with Crippen LogP contribution in [-0.4, -0.2) is 5.71 Å². The van der Waals surface area contributed by atoms with Gasteiger partial charge in [-0.25, -0.2) is 0 Å². The Morgan fingerprint density at radius 2 is 2.13 bits per heavy atom. The first-order valence-corrected chi connectivity index (χ1v) is 5.90. The lowest BCUT2D eigenvalue weighted by Crippen LogP contribution is -2.32. The predicted octanol–water partition coefficient (Wildman–Crippen LogP) is 3.34. The van der Waals surface area contributed by atoms with E-state index in [9.17, 15) is 0 Å². The first-order valence-electron chi connectivity index (χ1n) is 5.90. The Morgan fingerprint density at radius 3 is 2.67 bits per heavy atom. The van der Waals surface area contributed by atoms with Crippen molar-refractivity contribution < 1.29 is 0 Å². The van der Waals surface area contributed by atoms with Crippen LogP contribution in [0.2, 0.25) is 0 Å². The van der Waals surface area contributed by atoms with Crippen LogP contribution in [0.25, 0.3) is 0 Å². The molecule has 1 saturated carbocycles. The van der Waals surface area contributed by atoms with Gasteiger partial charge in [-0.2, -0.15) is 5.10 Å². The molecule has 0 aliphatic heterocycles. The highest BCUT2D eigenvalue weighted by Gasteiger charge is 2.34. The zero-order valence-corrected chi connectivity index (χ0v) is 10.5. The lowest BCUT2D eigenvalue weighted by molar-refractivity contribution is 0.123. The molecule has 15 heavy (non-hydrogen) atoms. The van der Waals surface area contributed by atoms with E-state index in [1.807, 2.05) is 6.92 Å². The summed E-state index contributed by atoms with van der Waals surface area (Å²) in [5, 5.41) is 3.68. The number of allylic oxidation sites excluding steroid dienone is 2. The maximum absolute atomic E-state index is 5.23. The van der Waals surface area contributed by atoms with E-state index >= 15 is 0 Å². The van der Waals surface area contributed by atoms with Crippen molar-refractivity contribution in [2.45, 2.75) is 47.0 Å². The van der Waals surface area contributed by atoms with Crippen molar-refractivity contribution in [3.8, 4) is 0 Å². The van der Waals surface area contributed by atoms with Crippen LogP contribution in [0.15, 0.2) is 17.3 Å². The van der Waals surface area contributed by atoms with Gasteiger partial charge in [-0.15, -0.1) is 0 Å². The summed E-state index contributed by atoms with van der Waals surface area (Å²) < 4.78 is 0. The maximum atomic E-state index is 5.23. The van der Waals surface area contributed by atoms with E-state index in [-0.39, 0.29) is 0 Å². The SMILES string of the molecule is CC(/C=C/C1C(C)CCCC1(C)C)=N\N. The molecule has 1 fully saturated rings. The average Bonchev–Trinajstić information content (AvgIpc) is 2.15. The Bertz CT molecular complexity index is 264. The predicted molar refractivity (Wildman–Crippen MR) is 66.7 cm³/mol. The van der Waals surface area contributed by atoms with Crippen LogP contribution in [0.4, 0.5) is 0 Å². The monoisotopic (exact) mass is 208 g/mol. The molecule has 0 heterocycles. The summed E-state index contributed by atoms with van der Waals surface area (Å²) >= 11 is 0. The Kier molecular flexibility index (Phi) is 3.95. The van der Waals surface area contributed by atoms with E-state index in [2.05, 4.69) is 38.0 Å². The summed E-state index contributed by atoms with van der Waals surface area (Å²) in [5.41, 5.74) is 1.33. The smallest absolute Gasteiger partial charge is 0.0566 e. The highest BCUT2D eigenvalue weighted by Crippen LogP contribution is 2.44. The van der Waals surface area contributed by atoms with Gasteiger partial charge in [0.25, 0.3) is 0 Å². The molecule has 0 amide bonds. The number of nitrogens with two attached hydrogens (primary N) is 1. The number of hydrogen-bond acceptors (Lipinski definition) is 2. The molecule has 0 aromatic rings. The van der Waals surface area contributed by atoms with Gasteiger partial charge in [0.1, 0.15) is 0 Å². The lowest BCUT2D eigenvalue weighted by Gasteiger charge is -2.41. The number of nitrogens with zero attached hydrogens (tertiary/aromatic N) is 1. The van der Waals surface area contributed by atoms with E-state index in [0.717, 1.165) is 11.6 Å². The van der Waals surface area contributed by atoms with Crippen molar-refractivity contribution >= 4 is 5.71 Å². The fourth-order valence-corrected chi connectivity index (χ4v) is 2.73. The number of hydrogen-bond donors (Lipinski definition) is 1.